The Labute approximate surface area is 159 Å². The molecule has 26 heavy (non-hydrogen) atoms. The predicted molar refractivity (Wildman–Crippen MR) is 108 cm³/mol. The minimum Gasteiger partial charge on any atom is -0.444 e. The molecular formula is C19H40N4O3. The zero-order valence-electron chi connectivity index (χ0n) is 18.2. The fourth-order valence-corrected chi connectivity index (χ4v) is 2.31. The monoisotopic (exact) mass is 372 g/mol. The summed E-state index contributed by atoms with van der Waals surface area (Å²) < 4.78 is 11.1. The van der Waals surface area contributed by atoms with Gasteiger partial charge in [-0.25, -0.2) is 4.79 Å². The smallest absolute Gasteiger partial charge is 0.408 e. The van der Waals surface area contributed by atoms with E-state index in [9.17, 15) is 4.79 Å². The Kier molecular flexibility index (Phi) is 10.6. The molecule has 0 aromatic heterocycles. The van der Waals surface area contributed by atoms with Crippen LogP contribution in [0.25, 0.3) is 0 Å². The first-order valence-electron chi connectivity index (χ1n) is 9.47. The third-order valence-corrected chi connectivity index (χ3v) is 3.61. The number of amides is 1. The van der Waals surface area contributed by atoms with Crippen LogP contribution >= 0.6 is 0 Å². The van der Waals surface area contributed by atoms with E-state index in [-0.39, 0.29) is 6.10 Å². The van der Waals surface area contributed by atoms with Gasteiger partial charge in [0, 0.05) is 26.7 Å². The minimum absolute atomic E-state index is 0.232. The molecule has 3 N–H and O–H groups in total. The molecule has 0 spiro atoms. The number of nitrogens with zero attached hydrogens (tertiary/aromatic N) is 1. The number of guanidine groups is 1. The van der Waals surface area contributed by atoms with Crippen LogP contribution in [0.15, 0.2) is 4.99 Å². The normalized spacial score (nSPS) is 14.2. The lowest BCUT2D eigenvalue weighted by Gasteiger charge is -2.29. The number of hydrogen-bond acceptors (Lipinski definition) is 4. The van der Waals surface area contributed by atoms with Crippen LogP contribution in [0, 0.1) is 5.92 Å². The first-order valence-corrected chi connectivity index (χ1v) is 9.47. The number of nitrogens with one attached hydrogen (secondary N) is 3. The zero-order valence-corrected chi connectivity index (χ0v) is 18.2. The summed E-state index contributed by atoms with van der Waals surface area (Å²) in [6.45, 7) is 17.7. The van der Waals surface area contributed by atoms with E-state index in [1.54, 1.807) is 7.05 Å². The summed E-state index contributed by atoms with van der Waals surface area (Å²) in [6, 6.07) is 0. The SMILES string of the molecule is CCOC(CCNC(=NC)NCC(C)(C)NC(=O)OC(C)(C)C)C(C)C. The van der Waals surface area contributed by atoms with Gasteiger partial charge in [0.05, 0.1) is 11.6 Å². The molecular weight excluding hydrogens is 332 g/mol. The Morgan fingerprint density at radius 3 is 2.19 bits per heavy atom. The third-order valence-electron chi connectivity index (χ3n) is 3.61. The lowest BCUT2D eigenvalue weighted by atomic mass is 10.0. The van der Waals surface area contributed by atoms with Gasteiger partial charge in [-0.05, 0) is 53.9 Å². The molecule has 0 heterocycles. The average molecular weight is 373 g/mol. The summed E-state index contributed by atoms with van der Waals surface area (Å²) in [5.41, 5.74) is -0.996. The van der Waals surface area contributed by atoms with E-state index in [2.05, 4.69) is 34.8 Å². The van der Waals surface area contributed by atoms with Gasteiger partial charge in [-0.2, -0.15) is 0 Å². The first-order chi connectivity index (χ1) is 11.9. The van der Waals surface area contributed by atoms with Crippen LogP contribution in [-0.4, -0.2) is 56.0 Å². The molecule has 0 rings (SSSR count). The van der Waals surface area contributed by atoms with Crippen molar-refractivity contribution in [2.24, 2.45) is 10.9 Å². The molecule has 1 atom stereocenters. The van der Waals surface area contributed by atoms with Crippen molar-refractivity contribution < 1.29 is 14.3 Å². The Balaban J connectivity index is 4.36. The Bertz CT molecular complexity index is 443. The van der Waals surface area contributed by atoms with Gasteiger partial charge in [-0.1, -0.05) is 13.8 Å². The molecule has 1 amide bonds. The second-order valence-corrected chi connectivity index (χ2v) is 8.39. The summed E-state index contributed by atoms with van der Waals surface area (Å²) in [5.74, 6) is 1.17. The van der Waals surface area contributed by atoms with Crippen molar-refractivity contribution in [3.63, 3.8) is 0 Å². The van der Waals surface area contributed by atoms with Crippen molar-refractivity contribution in [1.82, 2.24) is 16.0 Å². The Hall–Kier alpha value is -1.50. The molecule has 0 radical (unpaired) electrons. The van der Waals surface area contributed by atoms with Gasteiger partial charge in [0.2, 0.25) is 0 Å². The average Bonchev–Trinajstić information content (AvgIpc) is 2.46. The van der Waals surface area contributed by atoms with Crippen molar-refractivity contribution in [1.29, 1.82) is 0 Å². The van der Waals surface area contributed by atoms with E-state index in [0.717, 1.165) is 19.6 Å². The van der Waals surface area contributed by atoms with Crippen LogP contribution in [0.4, 0.5) is 4.79 Å². The number of hydrogen-bond donors (Lipinski definition) is 3. The predicted octanol–water partition coefficient (Wildman–Crippen LogP) is 2.91. The maximum absolute atomic E-state index is 11.9. The number of carbonyl (C=O) groups is 1. The maximum atomic E-state index is 11.9. The Morgan fingerprint density at radius 1 is 1.12 bits per heavy atom. The zero-order chi connectivity index (χ0) is 20.4. The largest absolute Gasteiger partial charge is 0.444 e. The van der Waals surface area contributed by atoms with Gasteiger partial charge in [0.25, 0.3) is 0 Å². The topological polar surface area (TPSA) is 84.0 Å². The van der Waals surface area contributed by atoms with Crippen molar-refractivity contribution in [3.8, 4) is 0 Å². The summed E-state index contributed by atoms with van der Waals surface area (Å²) in [4.78, 5) is 16.2. The molecule has 0 aliphatic rings. The molecule has 154 valence electrons. The minimum atomic E-state index is -0.515. The molecule has 7 heteroatoms. The number of carbonyl (C=O) groups excluding carboxylic acids is 1. The molecule has 0 saturated heterocycles. The number of ether oxygens (including phenoxy) is 2. The molecule has 0 aliphatic carbocycles. The van der Waals surface area contributed by atoms with Gasteiger partial charge in [-0.3, -0.25) is 4.99 Å². The molecule has 0 aromatic carbocycles. The van der Waals surface area contributed by atoms with Crippen molar-refractivity contribution >= 4 is 12.1 Å². The fourth-order valence-electron chi connectivity index (χ4n) is 2.31. The van der Waals surface area contributed by atoms with Crippen LogP contribution in [0.2, 0.25) is 0 Å². The molecule has 1 unspecified atom stereocenters. The summed E-state index contributed by atoms with van der Waals surface area (Å²) in [6.07, 6.45) is 0.714. The van der Waals surface area contributed by atoms with E-state index >= 15 is 0 Å². The standard InChI is InChI=1S/C19H40N4O3/c1-10-25-15(14(2)3)11-12-21-16(20-9)22-13-19(7,8)23-17(24)26-18(4,5)6/h14-15H,10-13H2,1-9H3,(H,23,24)(H2,20,21,22). The van der Waals surface area contributed by atoms with E-state index in [1.165, 1.54) is 0 Å². The van der Waals surface area contributed by atoms with Crippen LogP contribution in [-0.2, 0) is 9.47 Å². The van der Waals surface area contributed by atoms with Crippen LogP contribution in [0.5, 0.6) is 0 Å². The van der Waals surface area contributed by atoms with Gasteiger partial charge < -0.3 is 25.4 Å². The van der Waals surface area contributed by atoms with Crippen molar-refractivity contribution in [3.05, 3.63) is 0 Å². The number of alkyl carbamates (subject to hydrolysis) is 1. The third kappa shape index (κ3) is 12.0. The molecule has 0 aliphatic heterocycles. The highest BCUT2D eigenvalue weighted by molar-refractivity contribution is 5.79. The van der Waals surface area contributed by atoms with Crippen molar-refractivity contribution in [2.75, 3.05) is 26.7 Å². The second kappa shape index (κ2) is 11.3. The van der Waals surface area contributed by atoms with E-state index in [4.69, 9.17) is 9.47 Å². The summed E-state index contributed by atoms with van der Waals surface area (Å²) >= 11 is 0. The van der Waals surface area contributed by atoms with E-state index in [1.807, 2.05) is 41.5 Å². The van der Waals surface area contributed by atoms with E-state index < -0.39 is 17.2 Å². The second-order valence-electron chi connectivity index (χ2n) is 8.39. The molecule has 0 bridgehead atoms. The van der Waals surface area contributed by atoms with E-state index in [0.29, 0.717) is 18.4 Å². The van der Waals surface area contributed by atoms with Crippen LogP contribution in [0.1, 0.15) is 61.8 Å². The molecule has 0 aromatic rings. The van der Waals surface area contributed by atoms with Gasteiger partial charge in [-0.15, -0.1) is 0 Å². The maximum Gasteiger partial charge on any atom is 0.408 e. The summed E-state index contributed by atoms with van der Waals surface area (Å²) in [7, 11) is 1.73. The summed E-state index contributed by atoms with van der Waals surface area (Å²) in [5, 5.41) is 9.40. The van der Waals surface area contributed by atoms with Gasteiger partial charge in [0.1, 0.15) is 5.60 Å². The highest BCUT2D eigenvalue weighted by atomic mass is 16.6. The Morgan fingerprint density at radius 2 is 1.73 bits per heavy atom. The highest BCUT2D eigenvalue weighted by Crippen LogP contribution is 2.10. The molecule has 0 fully saturated rings. The van der Waals surface area contributed by atoms with Gasteiger partial charge in [0.15, 0.2) is 5.96 Å². The van der Waals surface area contributed by atoms with Crippen LogP contribution < -0.4 is 16.0 Å². The number of aliphatic imine (C=N–C) groups is 1. The highest BCUT2D eigenvalue weighted by Gasteiger charge is 2.24. The molecule has 0 saturated carbocycles. The molecule has 7 nitrogen and oxygen atoms in total. The first kappa shape index (κ1) is 24.5. The lowest BCUT2D eigenvalue weighted by molar-refractivity contribution is 0.0258. The lowest BCUT2D eigenvalue weighted by Crippen LogP contribution is -2.54. The fraction of sp³-hybridized carbons (Fsp3) is 0.895. The van der Waals surface area contributed by atoms with Crippen LogP contribution in [0.3, 0.4) is 0 Å². The quantitative estimate of drug-likeness (QED) is 0.428. The van der Waals surface area contributed by atoms with Crippen molar-refractivity contribution in [2.45, 2.75) is 79.1 Å². The number of rotatable bonds is 9. The van der Waals surface area contributed by atoms with Gasteiger partial charge >= 0.3 is 6.09 Å².